The summed E-state index contributed by atoms with van der Waals surface area (Å²) < 4.78 is 0. The van der Waals surface area contributed by atoms with Gasteiger partial charge in [0.15, 0.2) is 6.29 Å². The Morgan fingerprint density at radius 3 is 2.25 bits per heavy atom. The lowest BCUT2D eigenvalue weighted by molar-refractivity contribution is -0.129. The molecule has 0 saturated heterocycles. The number of hydrogen-bond acceptors (Lipinski definition) is 4. The highest BCUT2D eigenvalue weighted by Crippen LogP contribution is 2.15. The summed E-state index contributed by atoms with van der Waals surface area (Å²) in [5.41, 5.74) is 0.529. The zero-order valence-electron chi connectivity index (χ0n) is 15.2. The lowest BCUT2D eigenvalue weighted by Crippen LogP contribution is -2.37. The first-order valence-corrected chi connectivity index (χ1v) is 7.87. The molecule has 0 rings (SSSR count). The van der Waals surface area contributed by atoms with Gasteiger partial charge in [-0.15, -0.1) is 0 Å². The number of aldehydes is 1. The van der Waals surface area contributed by atoms with Crippen molar-refractivity contribution in [3.8, 4) is 0 Å². The molecule has 0 fully saturated rings. The molecule has 0 spiro atoms. The van der Waals surface area contributed by atoms with Crippen molar-refractivity contribution in [2.24, 2.45) is 0 Å². The zero-order valence-corrected chi connectivity index (χ0v) is 15.2. The smallest absolute Gasteiger partial charge is 0.254 e. The van der Waals surface area contributed by atoms with Crippen LogP contribution < -0.4 is 5.32 Å². The molecule has 0 heterocycles. The minimum atomic E-state index is -0.394. The molecule has 0 aromatic rings. The van der Waals surface area contributed by atoms with Crippen LogP contribution in [-0.2, 0) is 19.2 Å². The van der Waals surface area contributed by atoms with E-state index in [2.05, 4.69) is 6.58 Å². The first kappa shape index (κ1) is 23.8. The quantitative estimate of drug-likeness (QED) is 0.397. The van der Waals surface area contributed by atoms with Gasteiger partial charge >= 0.3 is 0 Å². The molecule has 0 aliphatic rings. The van der Waals surface area contributed by atoms with Gasteiger partial charge in [0.05, 0.1) is 0 Å². The summed E-state index contributed by atoms with van der Waals surface area (Å²) in [6.45, 7) is 11.0. The maximum absolute atomic E-state index is 12.4. The Morgan fingerprint density at radius 1 is 1.25 bits per heavy atom. The summed E-state index contributed by atoms with van der Waals surface area (Å²) in [7, 11) is 1.60. The molecule has 0 radical (unpaired) electrons. The fraction of sp³-hybridized carbons (Fsp3) is 0.444. The van der Waals surface area contributed by atoms with Crippen LogP contribution in [0.2, 0.25) is 0 Å². The Morgan fingerprint density at radius 2 is 1.83 bits per heavy atom. The van der Waals surface area contributed by atoms with E-state index in [0.29, 0.717) is 19.1 Å². The van der Waals surface area contributed by atoms with Crippen LogP contribution >= 0.6 is 0 Å². The zero-order chi connectivity index (χ0) is 19.1. The Kier molecular flexibility index (Phi) is 14.0. The lowest BCUT2D eigenvalue weighted by atomic mass is 10.0. The molecule has 1 atom stereocenters. The van der Waals surface area contributed by atoms with E-state index in [0.717, 1.165) is 0 Å². The van der Waals surface area contributed by atoms with Crippen molar-refractivity contribution < 1.29 is 19.2 Å². The van der Waals surface area contributed by atoms with E-state index in [1.54, 1.807) is 27.0 Å². The van der Waals surface area contributed by atoms with E-state index in [1.807, 2.05) is 19.2 Å². The van der Waals surface area contributed by atoms with E-state index in [1.165, 1.54) is 17.1 Å². The van der Waals surface area contributed by atoms with E-state index in [4.69, 9.17) is 0 Å². The minimum Gasteiger partial charge on any atom is -0.339 e. The van der Waals surface area contributed by atoms with Crippen LogP contribution in [0.4, 0.5) is 0 Å². The Labute approximate surface area is 144 Å². The number of likely N-dealkylation sites (N-methyl/N-ethyl adjacent to an activating group) is 1. The van der Waals surface area contributed by atoms with E-state index >= 15 is 0 Å². The largest absolute Gasteiger partial charge is 0.339 e. The summed E-state index contributed by atoms with van der Waals surface area (Å²) in [6.07, 6.45) is 5.94. The molecule has 0 saturated carbocycles. The molecule has 0 aromatic heterocycles. The van der Waals surface area contributed by atoms with Crippen LogP contribution in [0.25, 0.3) is 0 Å². The van der Waals surface area contributed by atoms with Crippen LogP contribution in [0.3, 0.4) is 0 Å². The average molecular weight is 336 g/mol. The number of nitrogens with zero attached hydrogens (tertiary/aromatic N) is 1. The fourth-order valence-corrected chi connectivity index (χ4v) is 1.79. The van der Waals surface area contributed by atoms with Crippen LogP contribution in [0.5, 0.6) is 0 Å². The number of hydrogen-bond donors (Lipinski definition) is 1. The second-order valence-electron chi connectivity index (χ2n) is 4.67. The van der Waals surface area contributed by atoms with Gasteiger partial charge < -0.3 is 4.90 Å². The second kappa shape index (κ2) is 14.1. The van der Waals surface area contributed by atoms with Gasteiger partial charge in [0.2, 0.25) is 12.3 Å². The molecule has 1 N–H and O–H groups in total. The van der Waals surface area contributed by atoms with Crippen LogP contribution in [0.15, 0.2) is 36.0 Å². The predicted molar refractivity (Wildman–Crippen MR) is 95.1 cm³/mol. The highest BCUT2D eigenvalue weighted by atomic mass is 16.2. The minimum absolute atomic E-state index is 0.131. The summed E-state index contributed by atoms with van der Waals surface area (Å²) >= 11 is 0. The first-order chi connectivity index (χ1) is 11.4. The van der Waals surface area contributed by atoms with Crippen LogP contribution in [-0.4, -0.2) is 42.5 Å². The van der Waals surface area contributed by atoms with Gasteiger partial charge in [-0.3, -0.25) is 24.5 Å². The highest BCUT2D eigenvalue weighted by molar-refractivity contribution is 6.05. The molecular formula is C18H28N2O4. The SMILES string of the molecule is C=C/C=C(C=O)\C(=C/C)C(=O)N(C)C(C)CCC(=O)NC=O.CC. The van der Waals surface area contributed by atoms with Gasteiger partial charge in [0.1, 0.15) is 0 Å². The average Bonchev–Trinajstić information content (AvgIpc) is 2.60. The van der Waals surface area contributed by atoms with Gasteiger partial charge in [-0.2, -0.15) is 0 Å². The van der Waals surface area contributed by atoms with Crippen LogP contribution in [0, 0.1) is 0 Å². The van der Waals surface area contributed by atoms with E-state index in [-0.39, 0.29) is 29.5 Å². The normalized spacial score (nSPS) is 12.2. The molecule has 0 bridgehead atoms. The van der Waals surface area contributed by atoms with E-state index in [9.17, 15) is 19.2 Å². The number of allylic oxidation sites excluding steroid dienone is 3. The van der Waals surface area contributed by atoms with Crippen molar-refractivity contribution in [3.05, 3.63) is 36.0 Å². The molecule has 6 heteroatoms. The first-order valence-electron chi connectivity index (χ1n) is 7.87. The Hall–Kier alpha value is -2.50. The number of amides is 3. The number of carbonyl (C=O) groups is 4. The van der Waals surface area contributed by atoms with Crippen molar-refractivity contribution in [1.29, 1.82) is 0 Å². The lowest BCUT2D eigenvalue weighted by Gasteiger charge is -2.26. The molecule has 24 heavy (non-hydrogen) atoms. The third kappa shape index (κ3) is 8.22. The van der Waals surface area contributed by atoms with Crippen molar-refractivity contribution in [2.45, 2.75) is 46.6 Å². The van der Waals surface area contributed by atoms with Crippen molar-refractivity contribution in [3.63, 3.8) is 0 Å². The predicted octanol–water partition coefficient (Wildman–Crippen LogP) is 2.17. The molecule has 0 aliphatic carbocycles. The third-order valence-corrected chi connectivity index (χ3v) is 3.25. The third-order valence-electron chi connectivity index (χ3n) is 3.25. The monoisotopic (exact) mass is 336 g/mol. The molecule has 0 aliphatic heterocycles. The number of rotatable bonds is 9. The molecular weight excluding hydrogens is 308 g/mol. The highest BCUT2D eigenvalue weighted by Gasteiger charge is 2.21. The summed E-state index contributed by atoms with van der Waals surface area (Å²) in [5.74, 6) is -0.708. The van der Waals surface area contributed by atoms with Gasteiger partial charge in [-0.05, 0) is 20.3 Å². The molecule has 3 amide bonds. The fourth-order valence-electron chi connectivity index (χ4n) is 1.79. The number of carbonyl (C=O) groups excluding carboxylic acids is 4. The van der Waals surface area contributed by atoms with Gasteiger partial charge in [-0.1, -0.05) is 38.7 Å². The maximum Gasteiger partial charge on any atom is 0.254 e. The summed E-state index contributed by atoms with van der Waals surface area (Å²) in [5, 5.41) is 2.05. The Bertz CT molecular complexity index is 507. The number of nitrogens with one attached hydrogen (secondary N) is 1. The Balaban J connectivity index is 0. The van der Waals surface area contributed by atoms with Gasteiger partial charge in [0.25, 0.3) is 5.91 Å². The molecule has 6 nitrogen and oxygen atoms in total. The summed E-state index contributed by atoms with van der Waals surface area (Å²) in [4.78, 5) is 46.4. The standard InChI is InChI=1S/C16H22N2O4.C2H6/c1-5-7-13(10-19)14(6-2)16(22)18(4)12(3)8-9-15(21)17-11-20;1-2/h5-7,10-12H,1,8-9H2,2-4H3,(H,17,20,21);1-2H3/b13-7-,14-6+;. The van der Waals surface area contributed by atoms with Crippen molar-refractivity contribution in [2.75, 3.05) is 7.05 Å². The molecule has 1 unspecified atom stereocenters. The van der Waals surface area contributed by atoms with Gasteiger partial charge in [0, 0.05) is 30.7 Å². The van der Waals surface area contributed by atoms with E-state index < -0.39 is 5.91 Å². The summed E-state index contributed by atoms with van der Waals surface area (Å²) in [6, 6.07) is -0.225. The molecule has 134 valence electrons. The van der Waals surface area contributed by atoms with Crippen LogP contribution in [0.1, 0.15) is 40.5 Å². The van der Waals surface area contributed by atoms with Crippen molar-refractivity contribution >= 4 is 24.5 Å². The molecule has 0 aromatic carbocycles. The second-order valence-corrected chi connectivity index (χ2v) is 4.67. The number of imide groups is 1. The topological polar surface area (TPSA) is 83.6 Å². The van der Waals surface area contributed by atoms with Gasteiger partial charge in [-0.25, -0.2) is 0 Å². The van der Waals surface area contributed by atoms with Crippen molar-refractivity contribution in [1.82, 2.24) is 10.2 Å². The maximum atomic E-state index is 12.4.